The molecule has 8 nitrogen and oxygen atoms in total. The average Bonchev–Trinajstić information content (AvgIpc) is 2.95. The molecule has 0 aliphatic carbocycles. The van der Waals surface area contributed by atoms with Crippen molar-refractivity contribution in [1.29, 1.82) is 0 Å². The Labute approximate surface area is 144 Å². The second-order valence-electron chi connectivity index (χ2n) is 5.73. The van der Waals surface area contributed by atoms with E-state index in [1.807, 2.05) is 0 Å². The summed E-state index contributed by atoms with van der Waals surface area (Å²) in [6.07, 6.45) is 2.01. The first kappa shape index (κ1) is 16.8. The maximum atomic E-state index is 12.1. The third kappa shape index (κ3) is 3.02. The van der Waals surface area contributed by atoms with Crippen LogP contribution in [0.2, 0.25) is 0 Å². The van der Waals surface area contributed by atoms with Crippen LogP contribution < -0.4 is 19.5 Å². The number of aryl methyl sites for hydroxylation is 1. The van der Waals surface area contributed by atoms with E-state index in [2.05, 4.69) is 10.4 Å². The molecule has 3 rings (SSSR count). The van der Waals surface area contributed by atoms with Crippen LogP contribution in [-0.4, -0.2) is 35.9 Å². The van der Waals surface area contributed by atoms with Crippen LogP contribution >= 0.6 is 0 Å². The van der Waals surface area contributed by atoms with Crippen molar-refractivity contribution in [2.24, 2.45) is 7.05 Å². The summed E-state index contributed by atoms with van der Waals surface area (Å²) < 4.78 is 17.6. The molecule has 1 aliphatic rings. The third-order valence-electron chi connectivity index (χ3n) is 4.12. The number of rotatable bonds is 4. The molecule has 1 N–H and O–H groups in total. The van der Waals surface area contributed by atoms with Crippen molar-refractivity contribution < 1.29 is 23.8 Å². The fraction of sp³-hybridized carbons (Fsp3) is 0.353. The first-order valence-electron chi connectivity index (χ1n) is 7.70. The molecule has 0 bridgehead atoms. The fourth-order valence-electron chi connectivity index (χ4n) is 2.98. The van der Waals surface area contributed by atoms with Crippen LogP contribution in [0.5, 0.6) is 17.2 Å². The zero-order valence-electron chi connectivity index (χ0n) is 14.5. The number of aromatic nitrogens is 2. The van der Waals surface area contributed by atoms with Gasteiger partial charge in [-0.3, -0.25) is 14.3 Å². The number of ether oxygens (including phenoxy) is 3. The van der Waals surface area contributed by atoms with E-state index in [1.54, 1.807) is 30.1 Å². The van der Waals surface area contributed by atoms with Crippen LogP contribution in [0.4, 0.5) is 5.82 Å². The van der Waals surface area contributed by atoms with E-state index in [1.165, 1.54) is 21.1 Å². The van der Waals surface area contributed by atoms with E-state index < -0.39 is 5.97 Å². The Hall–Kier alpha value is -3.03. The van der Waals surface area contributed by atoms with Crippen LogP contribution in [0.3, 0.4) is 0 Å². The van der Waals surface area contributed by atoms with Crippen LogP contribution in [-0.2, 0) is 16.6 Å². The summed E-state index contributed by atoms with van der Waals surface area (Å²) in [7, 11) is 4.73. The third-order valence-corrected chi connectivity index (χ3v) is 4.12. The zero-order valence-corrected chi connectivity index (χ0v) is 14.5. The lowest BCUT2D eigenvalue weighted by Gasteiger charge is -2.24. The molecule has 0 fully saturated rings. The van der Waals surface area contributed by atoms with Gasteiger partial charge in [-0.25, -0.2) is 0 Å². The number of fused-ring (bicyclic) bond motifs is 1. The number of nitrogens with one attached hydrogen (secondary N) is 1. The van der Waals surface area contributed by atoms with E-state index in [4.69, 9.17) is 14.2 Å². The standard InChI is InChI=1S/C17H19N3O5/c1-9(21)25-16-13(23-3)5-10(6-14(16)24-4)11-7-15(22)19-17-12(11)8-18-20(17)2/h5-6,8,11H,7H2,1-4H3,(H,19,22)/t11-/m1/s1. The fourth-order valence-corrected chi connectivity index (χ4v) is 2.98. The highest BCUT2D eigenvalue weighted by atomic mass is 16.6. The Morgan fingerprint density at radius 1 is 1.28 bits per heavy atom. The molecule has 2 aromatic rings. The van der Waals surface area contributed by atoms with Gasteiger partial charge in [0.25, 0.3) is 0 Å². The van der Waals surface area contributed by atoms with Crippen molar-refractivity contribution in [3.63, 3.8) is 0 Å². The summed E-state index contributed by atoms with van der Waals surface area (Å²) in [4.78, 5) is 23.4. The lowest BCUT2D eigenvalue weighted by Crippen LogP contribution is -2.24. The molecule has 1 aromatic carbocycles. The van der Waals surface area contributed by atoms with E-state index >= 15 is 0 Å². The number of carbonyl (C=O) groups is 2. The normalized spacial score (nSPS) is 16.0. The number of carbonyl (C=O) groups excluding carboxylic acids is 2. The van der Waals surface area contributed by atoms with Gasteiger partial charge < -0.3 is 19.5 Å². The van der Waals surface area contributed by atoms with Crippen molar-refractivity contribution in [3.8, 4) is 17.2 Å². The first-order chi connectivity index (χ1) is 11.9. The molecule has 0 radical (unpaired) electrons. The van der Waals surface area contributed by atoms with Gasteiger partial charge in [0.05, 0.1) is 20.4 Å². The largest absolute Gasteiger partial charge is 0.493 e. The van der Waals surface area contributed by atoms with Crippen molar-refractivity contribution in [2.45, 2.75) is 19.3 Å². The van der Waals surface area contributed by atoms with Gasteiger partial charge in [0.1, 0.15) is 5.82 Å². The summed E-state index contributed by atoms with van der Waals surface area (Å²) >= 11 is 0. The zero-order chi connectivity index (χ0) is 18.1. The van der Waals surface area contributed by atoms with Crippen LogP contribution in [0.1, 0.15) is 30.4 Å². The number of hydrogen-bond donors (Lipinski definition) is 1. The summed E-state index contributed by atoms with van der Waals surface area (Å²) in [5.74, 6) is 0.837. The molecule has 25 heavy (non-hydrogen) atoms. The Morgan fingerprint density at radius 3 is 2.48 bits per heavy atom. The van der Waals surface area contributed by atoms with Gasteiger partial charge in [-0.1, -0.05) is 0 Å². The second-order valence-corrected chi connectivity index (χ2v) is 5.73. The van der Waals surface area contributed by atoms with Gasteiger partial charge in [-0.2, -0.15) is 5.10 Å². The van der Waals surface area contributed by atoms with Crippen LogP contribution in [0.15, 0.2) is 18.3 Å². The molecule has 0 saturated carbocycles. The van der Waals surface area contributed by atoms with Gasteiger partial charge in [0, 0.05) is 31.9 Å². The smallest absolute Gasteiger partial charge is 0.308 e. The van der Waals surface area contributed by atoms with Gasteiger partial charge in [-0.15, -0.1) is 0 Å². The number of amides is 1. The van der Waals surface area contributed by atoms with Crippen molar-refractivity contribution >= 4 is 17.7 Å². The van der Waals surface area contributed by atoms with Crippen LogP contribution in [0.25, 0.3) is 0 Å². The maximum absolute atomic E-state index is 12.1. The Kier molecular flexibility index (Phi) is 4.35. The SMILES string of the molecule is COc1cc([C@H]2CC(=O)Nc3c2cnn3C)cc(OC)c1OC(C)=O. The molecular weight excluding hydrogens is 326 g/mol. The molecule has 1 atom stereocenters. The predicted octanol–water partition coefficient (Wildman–Crippen LogP) is 1.84. The van der Waals surface area contributed by atoms with Crippen molar-refractivity contribution in [2.75, 3.05) is 19.5 Å². The highest BCUT2D eigenvalue weighted by Crippen LogP contribution is 2.44. The predicted molar refractivity (Wildman–Crippen MR) is 89.2 cm³/mol. The first-order valence-corrected chi connectivity index (χ1v) is 7.70. The minimum atomic E-state index is -0.476. The number of esters is 1. The Morgan fingerprint density at radius 2 is 1.92 bits per heavy atom. The van der Waals surface area contributed by atoms with Crippen molar-refractivity contribution in [1.82, 2.24) is 9.78 Å². The second kappa shape index (κ2) is 6.46. The number of hydrogen-bond acceptors (Lipinski definition) is 6. The maximum Gasteiger partial charge on any atom is 0.308 e. The van der Waals surface area contributed by atoms with E-state index in [9.17, 15) is 9.59 Å². The van der Waals surface area contributed by atoms with E-state index in [0.29, 0.717) is 17.3 Å². The molecular formula is C17H19N3O5. The molecule has 1 aromatic heterocycles. The summed E-state index contributed by atoms with van der Waals surface area (Å²) in [5, 5.41) is 7.05. The van der Waals surface area contributed by atoms with Crippen LogP contribution in [0, 0.1) is 0 Å². The highest BCUT2D eigenvalue weighted by Gasteiger charge is 2.31. The summed E-state index contributed by atoms with van der Waals surface area (Å²) in [6.45, 7) is 1.31. The van der Waals surface area contributed by atoms with Gasteiger partial charge in [-0.05, 0) is 17.7 Å². The molecule has 1 amide bonds. The number of benzene rings is 1. The quantitative estimate of drug-likeness (QED) is 0.671. The molecule has 2 heterocycles. The molecule has 132 valence electrons. The Bertz CT molecular complexity index is 818. The lowest BCUT2D eigenvalue weighted by molar-refractivity contribution is -0.132. The molecule has 1 aliphatic heterocycles. The molecule has 0 saturated heterocycles. The minimum absolute atomic E-state index is 0.0944. The molecule has 0 spiro atoms. The number of methoxy groups -OCH3 is 2. The van der Waals surface area contributed by atoms with E-state index in [-0.39, 0.29) is 24.0 Å². The van der Waals surface area contributed by atoms with Crippen molar-refractivity contribution in [3.05, 3.63) is 29.5 Å². The topological polar surface area (TPSA) is 91.7 Å². The monoisotopic (exact) mass is 345 g/mol. The summed E-state index contributed by atoms with van der Waals surface area (Å²) in [6, 6.07) is 3.50. The minimum Gasteiger partial charge on any atom is -0.493 e. The number of anilines is 1. The average molecular weight is 345 g/mol. The van der Waals surface area contributed by atoms with Gasteiger partial charge >= 0.3 is 5.97 Å². The van der Waals surface area contributed by atoms with E-state index in [0.717, 1.165) is 11.1 Å². The number of nitrogens with zero attached hydrogens (tertiary/aromatic N) is 2. The molecule has 8 heteroatoms. The Balaban J connectivity index is 2.12. The molecule has 0 unspecified atom stereocenters. The van der Waals surface area contributed by atoms with Gasteiger partial charge in [0.2, 0.25) is 11.7 Å². The lowest BCUT2D eigenvalue weighted by atomic mass is 9.87. The highest BCUT2D eigenvalue weighted by molar-refractivity contribution is 5.94. The van der Waals surface area contributed by atoms with Gasteiger partial charge in [0.15, 0.2) is 11.5 Å². The summed E-state index contributed by atoms with van der Waals surface area (Å²) in [5.41, 5.74) is 1.72.